The molecule has 36 heavy (non-hydrogen) atoms. The monoisotopic (exact) mass is 501 g/mol. The van der Waals surface area contributed by atoms with E-state index in [0.717, 1.165) is 38.7 Å². The SMILES string of the molecule is CC1CC[C@@H]2C(CO1)[C@H]([C@@H](C)[C@H](O)Oc1ccc(C(=O)N[C@@H](CC3CCC3)C(=O)O)cc1)CC[C@H]2C. The molecule has 1 aliphatic heterocycles. The molecule has 0 bridgehead atoms. The minimum absolute atomic E-state index is 0.0483. The number of benzene rings is 1. The first-order chi connectivity index (χ1) is 17.2. The van der Waals surface area contributed by atoms with E-state index in [1.165, 1.54) is 12.8 Å². The molecule has 7 nitrogen and oxygen atoms in total. The van der Waals surface area contributed by atoms with E-state index in [1.807, 2.05) is 0 Å². The summed E-state index contributed by atoms with van der Waals surface area (Å²) in [6, 6.07) is 5.68. The van der Waals surface area contributed by atoms with Crippen LogP contribution in [0.15, 0.2) is 24.3 Å². The van der Waals surface area contributed by atoms with Gasteiger partial charge >= 0.3 is 5.97 Å². The fourth-order valence-corrected chi connectivity index (χ4v) is 6.48. The largest absolute Gasteiger partial charge is 0.480 e. The molecular weight excluding hydrogens is 458 g/mol. The summed E-state index contributed by atoms with van der Waals surface area (Å²) in [5.74, 6) is 1.47. The highest BCUT2D eigenvalue weighted by Crippen LogP contribution is 2.46. The Morgan fingerprint density at radius 2 is 1.78 bits per heavy atom. The lowest BCUT2D eigenvalue weighted by Crippen LogP contribution is -2.43. The lowest BCUT2D eigenvalue weighted by molar-refractivity contribution is -0.139. The molecule has 200 valence electrons. The average molecular weight is 502 g/mol. The van der Waals surface area contributed by atoms with Crippen LogP contribution >= 0.6 is 0 Å². The highest BCUT2D eigenvalue weighted by molar-refractivity contribution is 5.96. The third-order valence-corrected chi connectivity index (χ3v) is 9.16. The van der Waals surface area contributed by atoms with E-state index >= 15 is 0 Å². The molecule has 7 heteroatoms. The van der Waals surface area contributed by atoms with Crippen LogP contribution in [0.5, 0.6) is 5.75 Å². The Balaban J connectivity index is 1.34. The summed E-state index contributed by atoms with van der Waals surface area (Å²) in [5, 5.41) is 23.1. The predicted molar refractivity (Wildman–Crippen MR) is 137 cm³/mol. The number of fused-ring (bicyclic) bond motifs is 1. The van der Waals surface area contributed by atoms with Crippen LogP contribution in [0.2, 0.25) is 0 Å². The van der Waals surface area contributed by atoms with Crippen molar-refractivity contribution in [2.24, 2.45) is 35.5 Å². The topological polar surface area (TPSA) is 105 Å². The number of aliphatic carboxylic acids is 1. The van der Waals surface area contributed by atoms with Crippen molar-refractivity contribution in [3.05, 3.63) is 29.8 Å². The van der Waals surface area contributed by atoms with Gasteiger partial charge in [0.15, 0.2) is 6.29 Å². The number of hydrogen-bond acceptors (Lipinski definition) is 5. The van der Waals surface area contributed by atoms with Crippen molar-refractivity contribution in [3.8, 4) is 5.75 Å². The molecular formula is C29H43NO6. The van der Waals surface area contributed by atoms with Crippen molar-refractivity contribution in [2.45, 2.75) is 90.6 Å². The van der Waals surface area contributed by atoms with Gasteiger partial charge in [-0.15, -0.1) is 0 Å². The molecule has 8 atom stereocenters. The van der Waals surface area contributed by atoms with E-state index in [-0.39, 0.29) is 5.92 Å². The lowest BCUT2D eigenvalue weighted by atomic mass is 9.62. The highest BCUT2D eigenvalue weighted by atomic mass is 16.6. The predicted octanol–water partition coefficient (Wildman–Crippen LogP) is 4.87. The zero-order chi connectivity index (χ0) is 25.8. The number of nitrogens with one attached hydrogen (secondary N) is 1. The van der Waals surface area contributed by atoms with E-state index in [1.54, 1.807) is 24.3 Å². The number of carbonyl (C=O) groups excluding carboxylic acids is 1. The molecule has 2 unspecified atom stereocenters. The Morgan fingerprint density at radius 1 is 1.06 bits per heavy atom. The van der Waals surface area contributed by atoms with Gasteiger partial charge in [0.25, 0.3) is 5.91 Å². The Morgan fingerprint density at radius 3 is 2.42 bits per heavy atom. The Labute approximate surface area is 214 Å². The fraction of sp³-hybridized carbons (Fsp3) is 0.724. The van der Waals surface area contributed by atoms with Crippen molar-refractivity contribution in [1.82, 2.24) is 5.32 Å². The van der Waals surface area contributed by atoms with Crippen LogP contribution in [0, 0.1) is 35.5 Å². The van der Waals surface area contributed by atoms with Crippen molar-refractivity contribution >= 4 is 11.9 Å². The third kappa shape index (κ3) is 6.41. The van der Waals surface area contributed by atoms with Crippen LogP contribution in [0.1, 0.15) is 82.5 Å². The first-order valence-corrected chi connectivity index (χ1v) is 13.8. The molecule has 3 fully saturated rings. The summed E-state index contributed by atoms with van der Waals surface area (Å²) in [6.45, 7) is 7.32. The second-order valence-corrected chi connectivity index (χ2v) is 11.6. The van der Waals surface area contributed by atoms with Gasteiger partial charge in [0, 0.05) is 11.5 Å². The molecule has 3 N–H and O–H groups in total. The van der Waals surface area contributed by atoms with Crippen molar-refractivity contribution in [2.75, 3.05) is 6.61 Å². The first-order valence-electron chi connectivity index (χ1n) is 13.8. The molecule has 1 amide bonds. The standard InChI is InChI=1S/C29H43NO6/c1-17-7-13-24(25-16-35-18(2)8-14-23(17)25)19(3)29(34)36-22-11-9-21(10-12-22)27(31)30-26(28(32)33)15-20-5-4-6-20/h9-12,17-20,23-26,29,34H,4-8,13-16H2,1-3H3,(H,30,31)(H,32,33)/t17-,18?,19-,23+,24+,25?,26+,29-/m1/s1. The van der Waals surface area contributed by atoms with E-state index in [2.05, 4.69) is 26.1 Å². The molecule has 1 aromatic rings. The molecule has 2 saturated carbocycles. The summed E-state index contributed by atoms with van der Waals surface area (Å²) >= 11 is 0. The van der Waals surface area contributed by atoms with E-state index in [4.69, 9.17) is 9.47 Å². The van der Waals surface area contributed by atoms with Crippen molar-refractivity contribution in [3.63, 3.8) is 0 Å². The van der Waals surface area contributed by atoms with E-state index in [9.17, 15) is 19.8 Å². The summed E-state index contributed by atoms with van der Waals surface area (Å²) in [4.78, 5) is 24.2. The Kier molecular flexibility index (Phi) is 8.94. The number of hydrogen-bond donors (Lipinski definition) is 3. The van der Waals surface area contributed by atoms with Gasteiger partial charge in [-0.05, 0) is 86.5 Å². The number of carbonyl (C=O) groups is 2. The maximum Gasteiger partial charge on any atom is 0.326 e. The normalized spacial score (nSPS) is 31.2. The van der Waals surface area contributed by atoms with Gasteiger partial charge in [-0.2, -0.15) is 0 Å². The molecule has 1 saturated heterocycles. The maximum absolute atomic E-state index is 12.6. The second kappa shape index (κ2) is 12.0. The number of aliphatic hydroxyl groups is 1. The molecule has 4 rings (SSSR count). The average Bonchev–Trinajstić information content (AvgIpc) is 3.03. The molecule has 0 spiro atoms. The number of ether oxygens (including phenoxy) is 2. The zero-order valence-electron chi connectivity index (χ0n) is 21.9. The molecule has 1 aromatic carbocycles. The van der Waals surface area contributed by atoms with Gasteiger partial charge in [0.2, 0.25) is 0 Å². The molecule has 1 heterocycles. The maximum atomic E-state index is 12.6. The van der Waals surface area contributed by atoms with Crippen LogP contribution in [-0.2, 0) is 9.53 Å². The van der Waals surface area contributed by atoms with Gasteiger partial charge in [-0.25, -0.2) is 4.79 Å². The summed E-state index contributed by atoms with van der Waals surface area (Å²) in [5.41, 5.74) is 0.374. The Bertz CT molecular complexity index is 884. The van der Waals surface area contributed by atoms with Crippen LogP contribution in [0.25, 0.3) is 0 Å². The second-order valence-electron chi connectivity index (χ2n) is 11.6. The smallest absolute Gasteiger partial charge is 0.326 e. The quantitative estimate of drug-likeness (QED) is 0.417. The van der Waals surface area contributed by atoms with Gasteiger partial charge in [0.05, 0.1) is 12.7 Å². The number of rotatable bonds is 9. The van der Waals surface area contributed by atoms with Crippen LogP contribution in [0.3, 0.4) is 0 Å². The molecule has 0 radical (unpaired) electrons. The summed E-state index contributed by atoms with van der Waals surface area (Å²) in [6.07, 6.45) is 7.50. The molecule has 2 aliphatic carbocycles. The van der Waals surface area contributed by atoms with E-state index < -0.39 is 24.2 Å². The van der Waals surface area contributed by atoms with Gasteiger partial charge in [-0.1, -0.05) is 39.5 Å². The number of aliphatic hydroxyl groups excluding tert-OH is 1. The van der Waals surface area contributed by atoms with Gasteiger partial charge in [-0.3, -0.25) is 4.79 Å². The highest BCUT2D eigenvalue weighted by Gasteiger charge is 2.43. The minimum Gasteiger partial charge on any atom is -0.480 e. The summed E-state index contributed by atoms with van der Waals surface area (Å²) in [7, 11) is 0. The van der Waals surface area contributed by atoms with Crippen LogP contribution in [0.4, 0.5) is 0 Å². The van der Waals surface area contributed by atoms with E-state index in [0.29, 0.717) is 53.4 Å². The number of amides is 1. The third-order valence-electron chi connectivity index (χ3n) is 9.16. The van der Waals surface area contributed by atoms with Crippen molar-refractivity contribution < 1.29 is 29.3 Å². The first kappa shape index (κ1) is 26.9. The van der Waals surface area contributed by atoms with Crippen LogP contribution < -0.4 is 10.1 Å². The fourth-order valence-electron chi connectivity index (χ4n) is 6.48. The summed E-state index contributed by atoms with van der Waals surface area (Å²) < 4.78 is 12.0. The number of carboxylic acid groups (broad SMARTS) is 1. The zero-order valence-corrected chi connectivity index (χ0v) is 21.9. The van der Waals surface area contributed by atoms with Crippen molar-refractivity contribution in [1.29, 1.82) is 0 Å². The molecule has 0 aromatic heterocycles. The van der Waals surface area contributed by atoms with Gasteiger partial charge in [0.1, 0.15) is 11.8 Å². The van der Waals surface area contributed by atoms with Crippen LogP contribution in [-0.4, -0.2) is 47.1 Å². The Hall–Kier alpha value is -2.12. The van der Waals surface area contributed by atoms with Gasteiger partial charge < -0.3 is 25.0 Å². The lowest BCUT2D eigenvalue weighted by Gasteiger charge is -2.44. The number of carboxylic acids is 1. The minimum atomic E-state index is -1.000. The molecule has 3 aliphatic rings.